The number of hydrogen-bond acceptors (Lipinski definition) is 6. The molecule has 0 aliphatic carbocycles. The smallest absolute Gasteiger partial charge is 0.242 e. The Bertz CT molecular complexity index is 950. The van der Waals surface area contributed by atoms with Crippen LogP contribution >= 0.6 is 15.9 Å². The van der Waals surface area contributed by atoms with Crippen molar-refractivity contribution in [1.29, 1.82) is 0 Å². The Labute approximate surface area is 147 Å². The average molecular weight is 408 g/mol. The average Bonchev–Trinajstić information content (AvgIpc) is 2.59. The summed E-state index contributed by atoms with van der Waals surface area (Å²) in [5.41, 5.74) is 2.29. The summed E-state index contributed by atoms with van der Waals surface area (Å²) in [6, 6.07) is 6.76. The van der Waals surface area contributed by atoms with Crippen molar-refractivity contribution < 1.29 is 8.42 Å². The summed E-state index contributed by atoms with van der Waals surface area (Å²) < 4.78 is 27.6. The normalized spacial score (nSPS) is 11.5. The Balaban J connectivity index is 1.63. The number of fused-ring (bicyclic) bond motifs is 1. The van der Waals surface area contributed by atoms with Gasteiger partial charge in [-0.05, 0) is 40.2 Å². The first-order chi connectivity index (χ1) is 11.6. The highest BCUT2D eigenvalue weighted by Crippen LogP contribution is 2.21. The number of nitrogens with one attached hydrogen (secondary N) is 2. The third-order valence-corrected chi connectivity index (χ3v) is 5.10. The number of nitrogens with zero attached hydrogens (tertiary/aromatic N) is 3. The van der Waals surface area contributed by atoms with Gasteiger partial charge in [0.1, 0.15) is 10.4 Å². The number of aromatic nitrogens is 3. The van der Waals surface area contributed by atoms with Crippen molar-refractivity contribution in [2.24, 2.45) is 0 Å². The lowest BCUT2D eigenvalue weighted by molar-refractivity contribution is 0.582. The number of sulfonamides is 1. The standard InChI is InChI=1S/C15H14BrN5O2S/c16-11-8-14-15(20-9-11)13(3-5-18-14)19-6-7-21-24(22,23)12-2-1-4-17-10-12/h1-5,8-10,21H,6-7H2,(H,18,19). The van der Waals surface area contributed by atoms with Crippen LogP contribution in [0.2, 0.25) is 0 Å². The van der Waals surface area contributed by atoms with Gasteiger partial charge in [0.25, 0.3) is 0 Å². The van der Waals surface area contributed by atoms with Crippen LogP contribution in [0.15, 0.2) is 58.4 Å². The van der Waals surface area contributed by atoms with Gasteiger partial charge in [-0.2, -0.15) is 0 Å². The van der Waals surface area contributed by atoms with Gasteiger partial charge >= 0.3 is 0 Å². The minimum Gasteiger partial charge on any atom is -0.382 e. The monoisotopic (exact) mass is 407 g/mol. The molecule has 2 N–H and O–H groups in total. The molecule has 3 rings (SSSR count). The Morgan fingerprint density at radius 2 is 1.96 bits per heavy atom. The first-order valence-corrected chi connectivity index (χ1v) is 9.38. The van der Waals surface area contributed by atoms with Gasteiger partial charge < -0.3 is 5.32 Å². The molecule has 0 amide bonds. The molecule has 0 unspecified atom stereocenters. The van der Waals surface area contributed by atoms with Crippen LogP contribution < -0.4 is 10.0 Å². The highest BCUT2D eigenvalue weighted by Gasteiger charge is 2.12. The van der Waals surface area contributed by atoms with Gasteiger partial charge in [0.15, 0.2) is 0 Å². The van der Waals surface area contributed by atoms with E-state index in [1.54, 1.807) is 24.5 Å². The Kier molecular flexibility index (Phi) is 5.03. The van der Waals surface area contributed by atoms with Crippen molar-refractivity contribution in [3.8, 4) is 0 Å². The van der Waals surface area contributed by atoms with Gasteiger partial charge in [-0.3, -0.25) is 15.0 Å². The minimum atomic E-state index is -3.55. The van der Waals surface area contributed by atoms with Gasteiger partial charge in [0.05, 0.1) is 11.2 Å². The second-order valence-electron chi connectivity index (χ2n) is 4.89. The van der Waals surface area contributed by atoms with Crippen LogP contribution in [0.1, 0.15) is 0 Å². The summed E-state index contributed by atoms with van der Waals surface area (Å²) in [5, 5.41) is 3.17. The summed E-state index contributed by atoms with van der Waals surface area (Å²) in [6.45, 7) is 0.647. The van der Waals surface area contributed by atoms with E-state index in [1.165, 1.54) is 18.5 Å². The maximum absolute atomic E-state index is 12.1. The fraction of sp³-hybridized carbons (Fsp3) is 0.133. The van der Waals surface area contributed by atoms with Gasteiger partial charge in [0.2, 0.25) is 10.0 Å². The van der Waals surface area contributed by atoms with E-state index >= 15 is 0 Å². The van der Waals surface area contributed by atoms with E-state index in [0.29, 0.717) is 6.54 Å². The minimum absolute atomic E-state index is 0.144. The molecule has 7 nitrogen and oxygen atoms in total. The van der Waals surface area contributed by atoms with Crippen molar-refractivity contribution in [2.75, 3.05) is 18.4 Å². The highest BCUT2D eigenvalue weighted by molar-refractivity contribution is 9.10. The highest BCUT2D eigenvalue weighted by atomic mass is 79.9. The van der Waals surface area contributed by atoms with Gasteiger partial charge in [-0.15, -0.1) is 0 Å². The van der Waals surface area contributed by atoms with Crippen LogP contribution in [0.25, 0.3) is 11.0 Å². The Morgan fingerprint density at radius 3 is 2.75 bits per heavy atom. The zero-order chi connectivity index (χ0) is 17.0. The van der Waals surface area contributed by atoms with E-state index in [0.717, 1.165) is 21.2 Å². The maximum Gasteiger partial charge on any atom is 0.242 e. The lowest BCUT2D eigenvalue weighted by atomic mass is 10.3. The molecule has 0 radical (unpaired) electrons. The summed E-state index contributed by atoms with van der Waals surface area (Å²) >= 11 is 3.36. The first kappa shape index (κ1) is 16.7. The van der Waals surface area contributed by atoms with Crippen LogP contribution in [0, 0.1) is 0 Å². The van der Waals surface area contributed by atoms with E-state index < -0.39 is 10.0 Å². The number of pyridine rings is 3. The van der Waals surface area contributed by atoms with E-state index in [9.17, 15) is 8.42 Å². The quantitative estimate of drug-likeness (QED) is 0.607. The van der Waals surface area contributed by atoms with Crippen LogP contribution in [0.5, 0.6) is 0 Å². The molecule has 0 saturated heterocycles. The fourth-order valence-electron chi connectivity index (χ4n) is 2.12. The van der Waals surface area contributed by atoms with Gasteiger partial charge in [-0.25, -0.2) is 13.1 Å². The number of rotatable bonds is 6. The van der Waals surface area contributed by atoms with Gasteiger partial charge in [-0.1, -0.05) is 0 Å². The van der Waals surface area contributed by atoms with Crippen molar-refractivity contribution in [1.82, 2.24) is 19.7 Å². The lowest BCUT2D eigenvalue weighted by Gasteiger charge is -2.10. The van der Waals surface area contributed by atoms with Crippen LogP contribution in [0.4, 0.5) is 5.69 Å². The van der Waals surface area contributed by atoms with Crippen LogP contribution in [0.3, 0.4) is 0 Å². The topological polar surface area (TPSA) is 96.9 Å². The van der Waals surface area contributed by atoms with Crippen molar-refractivity contribution in [3.05, 3.63) is 53.5 Å². The number of anilines is 1. The molecule has 0 saturated carbocycles. The molecule has 24 heavy (non-hydrogen) atoms. The molecule has 0 fully saturated rings. The predicted octanol–water partition coefficient (Wildman–Crippen LogP) is 2.18. The van der Waals surface area contributed by atoms with E-state index in [1.807, 2.05) is 6.07 Å². The van der Waals surface area contributed by atoms with E-state index in [2.05, 4.69) is 40.9 Å². The maximum atomic E-state index is 12.1. The van der Waals surface area contributed by atoms with Crippen molar-refractivity contribution in [2.45, 2.75) is 4.90 Å². The molecule has 0 aromatic carbocycles. The lowest BCUT2D eigenvalue weighted by Crippen LogP contribution is -2.29. The SMILES string of the molecule is O=S(=O)(NCCNc1ccnc2cc(Br)cnc12)c1cccnc1. The molecule has 124 valence electrons. The third kappa shape index (κ3) is 3.86. The molecular weight excluding hydrogens is 394 g/mol. The second kappa shape index (κ2) is 7.20. The molecule has 0 aliphatic heterocycles. The van der Waals surface area contributed by atoms with E-state index in [-0.39, 0.29) is 11.4 Å². The predicted molar refractivity (Wildman–Crippen MR) is 95.2 cm³/mol. The Hall–Kier alpha value is -2.10. The van der Waals surface area contributed by atoms with E-state index in [4.69, 9.17) is 0 Å². The van der Waals surface area contributed by atoms with Crippen molar-refractivity contribution >= 4 is 42.7 Å². The van der Waals surface area contributed by atoms with Crippen LogP contribution in [-0.2, 0) is 10.0 Å². The van der Waals surface area contributed by atoms with Crippen LogP contribution in [-0.4, -0.2) is 36.5 Å². The summed E-state index contributed by atoms with van der Waals surface area (Å²) in [7, 11) is -3.55. The number of hydrogen-bond donors (Lipinski definition) is 2. The molecule has 0 bridgehead atoms. The molecule has 3 aromatic heterocycles. The van der Waals surface area contributed by atoms with Gasteiger partial charge in [0, 0.05) is 42.3 Å². The molecule has 9 heteroatoms. The zero-order valence-electron chi connectivity index (χ0n) is 12.5. The second-order valence-corrected chi connectivity index (χ2v) is 7.58. The summed E-state index contributed by atoms with van der Waals surface area (Å²) in [4.78, 5) is 12.6. The first-order valence-electron chi connectivity index (χ1n) is 7.10. The largest absolute Gasteiger partial charge is 0.382 e. The number of halogens is 1. The zero-order valence-corrected chi connectivity index (χ0v) is 14.9. The molecular formula is C15H14BrN5O2S. The molecule has 3 heterocycles. The fourth-order valence-corrected chi connectivity index (χ4v) is 3.43. The molecule has 0 atom stereocenters. The van der Waals surface area contributed by atoms with Crippen molar-refractivity contribution in [3.63, 3.8) is 0 Å². The molecule has 0 spiro atoms. The third-order valence-electron chi connectivity index (χ3n) is 3.22. The Morgan fingerprint density at radius 1 is 1.08 bits per heavy atom. The molecule has 0 aliphatic rings. The molecule has 3 aromatic rings. The summed E-state index contributed by atoms with van der Waals surface area (Å²) in [5.74, 6) is 0. The summed E-state index contributed by atoms with van der Waals surface area (Å²) in [6.07, 6.45) is 6.22.